The van der Waals surface area contributed by atoms with E-state index in [9.17, 15) is 9.59 Å². The first kappa shape index (κ1) is 17.6. The summed E-state index contributed by atoms with van der Waals surface area (Å²) in [6.45, 7) is 1.96. The number of rotatable bonds is 2. The fourth-order valence-electron chi connectivity index (χ4n) is 2.37. The largest absolute Gasteiger partial charge is 0.298 e. The summed E-state index contributed by atoms with van der Waals surface area (Å²) in [5.41, 5.74) is 2.15. The van der Waals surface area contributed by atoms with Crippen LogP contribution in [0.1, 0.15) is 11.1 Å². The van der Waals surface area contributed by atoms with Crippen LogP contribution in [0.15, 0.2) is 48.0 Å². The van der Waals surface area contributed by atoms with Crippen molar-refractivity contribution in [3.05, 3.63) is 69.2 Å². The fourth-order valence-corrected chi connectivity index (χ4v) is 3.14. The molecule has 1 heterocycles. The predicted molar refractivity (Wildman–Crippen MR) is 104 cm³/mol. The maximum Gasteiger partial charge on any atom is 0.270 e. The van der Waals surface area contributed by atoms with Crippen molar-refractivity contribution in [1.82, 2.24) is 5.32 Å². The van der Waals surface area contributed by atoms with Crippen molar-refractivity contribution in [1.29, 1.82) is 0 Å². The Labute approximate surface area is 160 Å². The van der Waals surface area contributed by atoms with Gasteiger partial charge in [0.25, 0.3) is 11.8 Å². The van der Waals surface area contributed by atoms with Gasteiger partial charge in [-0.2, -0.15) is 0 Å². The molecule has 0 atom stereocenters. The zero-order chi connectivity index (χ0) is 18.1. The Morgan fingerprint density at radius 2 is 1.76 bits per heavy atom. The second-order valence-corrected chi connectivity index (χ2v) is 6.69. The maximum atomic E-state index is 12.9. The Kier molecular flexibility index (Phi) is 4.90. The number of anilines is 1. The average molecular weight is 391 g/mol. The van der Waals surface area contributed by atoms with Crippen LogP contribution in [0.5, 0.6) is 0 Å². The van der Waals surface area contributed by atoms with E-state index in [1.165, 1.54) is 17.0 Å². The Balaban J connectivity index is 2.03. The molecule has 126 valence electrons. The molecular formula is C18H12Cl2N2O2S. The number of aryl methyl sites for hydroxylation is 1. The lowest BCUT2D eigenvalue weighted by Gasteiger charge is -2.29. The van der Waals surface area contributed by atoms with E-state index in [1.807, 2.05) is 31.2 Å². The Bertz CT molecular complexity index is 923. The second-order valence-electron chi connectivity index (χ2n) is 5.46. The number of amides is 2. The Morgan fingerprint density at radius 1 is 1.08 bits per heavy atom. The molecule has 0 spiro atoms. The molecule has 2 amide bonds. The van der Waals surface area contributed by atoms with Crippen molar-refractivity contribution in [3.8, 4) is 0 Å². The third-order valence-electron chi connectivity index (χ3n) is 3.64. The molecule has 0 radical (unpaired) electrons. The van der Waals surface area contributed by atoms with E-state index < -0.39 is 11.8 Å². The van der Waals surface area contributed by atoms with Gasteiger partial charge < -0.3 is 0 Å². The van der Waals surface area contributed by atoms with Crippen molar-refractivity contribution >= 4 is 64.1 Å². The van der Waals surface area contributed by atoms with Crippen molar-refractivity contribution in [2.24, 2.45) is 0 Å². The number of nitrogens with zero attached hydrogens (tertiary/aromatic N) is 1. The topological polar surface area (TPSA) is 49.4 Å². The third kappa shape index (κ3) is 3.58. The van der Waals surface area contributed by atoms with Gasteiger partial charge in [0.05, 0.1) is 10.7 Å². The number of halogens is 2. The minimum Gasteiger partial charge on any atom is -0.298 e. The van der Waals surface area contributed by atoms with Crippen molar-refractivity contribution < 1.29 is 9.59 Å². The summed E-state index contributed by atoms with van der Waals surface area (Å²) in [6, 6.07) is 12.1. The van der Waals surface area contributed by atoms with Crippen LogP contribution in [0.2, 0.25) is 10.0 Å². The van der Waals surface area contributed by atoms with Gasteiger partial charge >= 0.3 is 0 Å². The van der Waals surface area contributed by atoms with Gasteiger partial charge in [-0.15, -0.1) is 0 Å². The van der Waals surface area contributed by atoms with Gasteiger partial charge in [0.1, 0.15) is 5.57 Å². The normalized spacial score (nSPS) is 16.4. The molecule has 0 aliphatic carbocycles. The quantitative estimate of drug-likeness (QED) is 0.476. The number of hydrogen-bond acceptors (Lipinski definition) is 3. The molecular weight excluding hydrogens is 379 g/mol. The van der Waals surface area contributed by atoms with Crippen LogP contribution in [-0.4, -0.2) is 16.9 Å². The SMILES string of the molecule is Cc1ccc(/C=C2/C(=O)NC(=S)N(c3ccc(Cl)cc3Cl)C2=O)cc1. The van der Waals surface area contributed by atoms with E-state index in [0.717, 1.165) is 11.1 Å². The van der Waals surface area contributed by atoms with Crippen molar-refractivity contribution in [3.63, 3.8) is 0 Å². The summed E-state index contributed by atoms with van der Waals surface area (Å²) in [7, 11) is 0. The summed E-state index contributed by atoms with van der Waals surface area (Å²) in [5.74, 6) is -1.09. The van der Waals surface area contributed by atoms with E-state index in [0.29, 0.717) is 10.7 Å². The molecule has 0 bridgehead atoms. The van der Waals surface area contributed by atoms with Crippen LogP contribution < -0.4 is 10.2 Å². The number of benzene rings is 2. The summed E-state index contributed by atoms with van der Waals surface area (Å²) in [4.78, 5) is 26.3. The van der Waals surface area contributed by atoms with Gasteiger partial charge in [0.2, 0.25) is 0 Å². The van der Waals surface area contributed by atoms with Crippen LogP contribution >= 0.6 is 35.4 Å². The van der Waals surface area contributed by atoms with E-state index in [-0.39, 0.29) is 15.7 Å². The van der Waals surface area contributed by atoms with E-state index in [1.54, 1.807) is 12.1 Å². The molecule has 2 aromatic rings. The van der Waals surface area contributed by atoms with Crippen LogP contribution in [0.25, 0.3) is 6.08 Å². The standard InChI is InChI=1S/C18H12Cl2N2O2S/c1-10-2-4-11(5-3-10)8-13-16(23)21-18(25)22(17(13)24)15-7-6-12(19)9-14(15)20/h2-9H,1H3,(H,21,23,25)/b13-8-. The first-order valence-electron chi connectivity index (χ1n) is 7.30. The molecule has 7 heteroatoms. The average Bonchev–Trinajstić information content (AvgIpc) is 2.55. The number of carbonyl (C=O) groups excluding carboxylic acids is 2. The number of nitrogens with one attached hydrogen (secondary N) is 1. The highest BCUT2D eigenvalue weighted by Gasteiger charge is 2.35. The summed E-state index contributed by atoms with van der Waals surface area (Å²) in [5, 5.41) is 3.18. The van der Waals surface area contributed by atoms with Crippen LogP contribution in [0.4, 0.5) is 5.69 Å². The molecule has 4 nitrogen and oxygen atoms in total. The smallest absolute Gasteiger partial charge is 0.270 e. The maximum absolute atomic E-state index is 12.9. The molecule has 0 aromatic heterocycles. The number of thiocarbonyl (C=S) groups is 1. The van der Waals surface area contributed by atoms with E-state index >= 15 is 0 Å². The first-order valence-corrected chi connectivity index (χ1v) is 8.46. The highest BCUT2D eigenvalue weighted by molar-refractivity contribution is 7.80. The highest BCUT2D eigenvalue weighted by Crippen LogP contribution is 2.31. The third-order valence-corrected chi connectivity index (χ3v) is 4.46. The van der Waals surface area contributed by atoms with Crippen LogP contribution in [-0.2, 0) is 9.59 Å². The van der Waals surface area contributed by atoms with Gasteiger partial charge in [-0.3, -0.25) is 19.8 Å². The first-order chi connectivity index (χ1) is 11.9. The summed E-state index contributed by atoms with van der Waals surface area (Å²) >= 11 is 17.2. The lowest BCUT2D eigenvalue weighted by molar-refractivity contribution is -0.122. The number of hydrogen-bond donors (Lipinski definition) is 1. The molecule has 1 aliphatic rings. The molecule has 1 saturated heterocycles. The summed E-state index contributed by atoms with van der Waals surface area (Å²) < 4.78 is 0. The van der Waals surface area contributed by atoms with Crippen LogP contribution in [0, 0.1) is 6.92 Å². The van der Waals surface area contributed by atoms with Gasteiger partial charge in [-0.1, -0.05) is 53.0 Å². The van der Waals surface area contributed by atoms with Crippen molar-refractivity contribution in [2.75, 3.05) is 4.90 Å². The minimum absolute atomic E-state index is 0.0246. The Hall–Kier alpha value is -2.21. The fraction of sp³-hybridized carbons (Fsp3) is 0.0556. The second kappa shape index (κ2) is 6.96. The molecule has 0 unspecified atom stereocenters. The number of carbonyl (C=O) groups is 2. The van der Waals surface area contributed by atoms with Gasteiger partial charge in [-0.25, -0.2) is 0 Å². The Morgan fingerprint density at radius 3 is 2.40 bits per heavy atom. The molecule has 1 N–H and O–H groups in total. The lowest BCUT2D eigenvalue weighted by atomic mass is 10.1. The highest BCUT2D eigenvalue weighted by atomic mass is 35.5. The molecule has 1 aliphatic heterocycles. The lowest BCUT2D eigenvalue weighted by Crippen LogP contribution is -2.54. The zero-order valence-corrected chi connectivity index (χ0v) is 15.4. The van der Waals surface area contributed by atoms with Crippen LogP contribution in [0.3, 0.4) is 0 Å². The zero-order valence-electron chi connectivity index (χ0n) is 13.0. The van der Waals surface area contributed by atoms with Gasteiger partial charge in [-0.05, 0) is 49.0 Å². The van der Waals surface area contributed by atoms with Gasteiger partial charge in [0.15, 0.2) is 5.11 Å². The monoisotopic (exact) mass is 390 g/mol. The summed E-state index contributed by atoms with van der Waals surface area (Å²) in [6.07, 6.45) is 1.52. The van der Waals surface area contributed by atoms with Crippen molar-refractivity contribution in [2.45, 2.75) is 6.92 Å². The van der Waals surface area contributed by atoms with E-state index in [4.69, 9.17) is 35.4 Å². The molecule has 3 rings (SSSR count). The molecule has 1 fully saturated rings. The van der Waals surface area contributed by atoms with Gasteiger partial charge in [0, 0.05) is 5.02 Å². The van der Waals surface area contributed by atoms with E-state index in [2.05, 4.69) is 5.32 Å². The minimum atomic E-state index is -0.545. The molecule has 2 aromatic carbocycles. The molecule has 0 saturated carbocycles. The molecule has 25 heavy (non-hydrogen) atoms. The predicted octanol–water partition coefficient (Wildman–Crippen LogP) is 4.13.